The van der Waals surface area contributed by atoms with E-state index in [1.165, 1.54) is 77.0 Å². The molecule has 0 amide bonds. The molecule has 0 aromatic rings. The van der Waals surface area contributed by atoms with E-state index in [2.05, 4.69) is 38.1 Å². The predicted molar refractivity (Wildman–Crippen MR) is 101 cm³/mol. The molecule has 2 saturated carbocycles. The molecule has 1 aliphatic heterocycles. The number of hydroxylamine groups is 2. The maximum atomic E-state index is 6.61. The molecule has 0 bridgehead atoms. The summed E-state index contributed by atoms with van der Waals surface area (Å²) in [6, 6.07) is 1.38. The summed E-state index contributed by atoms with van der Waals surface area (Å²) in [5.41, 5.74) is 0.205. The molecule has 3 rings (SSSR count). The van der Waals surface area contributed by atoms with E-state index in [4.69, 9.17) is 4.84 Å². The molecule has 0 spiro atoms. The Morgan fingerprint density at radius 1 is 0.708 bits per heavy atom. The number of hydrogen-bond acceptors (Lipinski definition) is 3. The highest BCUT2D eigenvalue weighted by Gasteiger charge is 2.47. The Hall–Kier alpha value is -0.120. The maximum absolute atomic E-state index is 6.61. The lowest BCUT2D eigenvalue weighted by Gasteiger charge is -2.55. The first-order valence-corrected chi connectivity index (χ1v) is 10.6. The fraction of sp³-hybridized carbons (Fsp3) is 1.00. The van der Waals surface area contributed by atoms with Crippen LogP contribution in [0.5, 0.6) is 0 Å². The van der Waals surface area contributed by atoms with E-state index in [0.29, 0.717) is 12.1 Å². The average molecular weight is 337 g/mol. The summed E-state index contributed by atoms with van der Waals surface area (Å²) in [6.07, 6.45) is 16.4. The van der Waals surface area contributed by atoms with Gasteiger partial charge in [-0.25, -0.2) is 0 Å². The summed E-state index contributed by atoms with van der Waals surface area (Å²) in [4.78, 5) is 6.61. The predicted octanol–water partition coefficient (Wildman–Crippen LogP) is 5.19. The van der Waals surface area contributed by atoms with E-state index in [0.717, 1.165) is 6.04 Å². The topological polar surface area (TPSA) is 24.5 Å². The Bertz CT molecular complexity index is 377. The summed E-state index contributed by atoms with van der Waals surface area (Å²) in [6.45, 7) is 9.52. The highest BCUT2D eigenvalue weighted by atomic mass is 16.7. The van der Waals surface area contributed by atoms with Crippen molar-refractivity contribution >= 4 is 0 Å². The van der Waals surface area contributed by atoms with E-state index in [9.17, 15) is 0 Å². The third-order valence-electron chi connectivity index (χ3n) is 6.47. The van der Waals surface area contributed by atoms with Crippen LogP contribution in [0.3, 0.4) is 0 Å². The van der Waals surface area contributed by atoms with E-state index in [-0.39, 0.29) is 11.1 Å². The van der Waals surface area contributed by atoms with Crippen LogP contribution >= 0.6 is 0 Å². The first-order chi connectivity index (χ1) is 11.4. The lowest BCUT2D eigenvalue weighted by molar-refractivity contribution is -0.311. The van der Waals surface area contributed by atoms with Gasteiger partial charge in [0.1, 0.15) is 0 Å². The van der Waals surface area contributed by atoms with Crippen LogP contribution in [-0.2, 0) is 4.84 Å². The molecule has 1 saturated heterocycles. The number of nitrogens with one attached hydrogen (secondary N) is 1. The number of rotatable bonds is 4. The van der Waals surface area contributed by atoms with Crippen LogP contribution in [0.15, 0.2) is 0 Å². The zero-order valence-corrected chi connectivity index (χ0v) is 16.6. The zero-order chi connectivity index (χ0) is 17.2. The zero-order valence-electron chi connectivity index (χ0n) is 16.6. The van der Waals surface area contributed by atoms with E-state index in [1.807, 2.05) is 0 Å². The van der Waals surface area contributed by atoms with Crippen LogP contribution in [0.25, 0.3) is 0 Å². The molecule has 140 valence electrons. The Labute approximate surface area is 149 Å². The third kappa shape index (κ3) is 4.53. The minimum atomic E-state index is 0.103. The minimum Gasteiger partial charge on any atom is -0.311 e. The summed E-state index contributed by atoms with van der Waals surface area (Å²) in [5, 5.41) is 6.39. The normalized spacial score (nSPS) is 30.5. The first-order valence-electron chi connectivity index (χ1n) is 10.6. The van der Waals surface area contributed by atoms with Gasteiger partial charge in [0, 0.05) is 23.2 Å². The molecule has 2 aliphatic carbocycles. The van der Waals surface area contributed by atoms with Crippen LogP contribution in [-0.4, -0.2) is 34.3 Å². The smallest absolute Gasteiger partial charge is 0.0793 e. The molecular formula is C21H40N2O. The lowest BCUT2D eigenvalue weighted by atomic mass is 9.78. The molecule has 3 heteroatoms. The van der Waals surface area contributed by atoms with Crippen molar-refractivity contribution in [3.63, 3.8) is 0 Å². The fourth-order valence-electron chi connectivity index (χ4n) is 5.59. The monoisotopic (exact) mass is 336 g/mol. The second kappa shape index (κ2) is 7.63. The van der Waals surface area contributed by atoms with Crippen molar-refractivity contribution in [3.8, 4) is 0 Å². The highest BCUT2D eigenvalue weighted by Crippen LogP contribution is 2.40. The molecule has 3 fully saturated rings. The molecule has 1 N–H and O–H groups in total. The molecule has 3 aliphatic rings. The van der Waals surface area contributed by atoms with Gasteiger partial charge in [0.05, 0.1) is 6.10 Å². The maximum Gasteiger partial charge on any atom is 0.0793 e. The number of nitrogens with zero attached hydrogens (tertiary/aromatic N) is 1. The molecule has 1 heterocycles. The minimum absolute atomic E-state index is 0.103. The summed E-state index contributed by atoms with van der Waals surface area (Å²) >= 11 is 0. The second-order valence-corrected chi connectivity index (χ2v) is 9.89. The second-order valence-electron chi connectivity index (χ2n) is 9.89. The Balaban J connectivity index is 1.62. The van der Waals surface area contributed by atoms with Gasteiger partial charge in [0.15, 0.2) is 0 Å². The molecule has 0 aromatic heterocycles. The van der Waals surface area contributed by atoms with Gasteiger partial charge in [-0.3, -0.25) is 4.84 Å². The van der Waals surface area contributed by atoms with Crippen molar-refractivity contribution in [1.29, 1.82) is 0 Å². The largest absolute Gasteiger partial charge is 0.311 e. The van der Waals surface area contributed by atoms with Gasteiger partial charge >= 0.3 is 0 Å². The van der Waals surface area contributed by atoms with E-state index >= 15 is 0 Å². The van der Waals surface area contributed by atoms with Crippen LogP contribution in [0.1, 0.15) is 105 Å². The van der Waals surface area contributed by atoms with Crippen LogP contribution in [0.4, 0.5) is 0 Å². The van der Waals surface area contributed by atoms with Crippen LogP contribution in [0, 0.1) is 0 Å². The van der Waals surface area contributed by atoms with Gasteiger partial charge in [-0.15, -0.1) is 0 Å². The van der Waals surface area contributed by atoms with Gasteiger partial charge in [-0.2, -0.15) is 5.06 Å². The lowest BCUT2D eigenvalue weighted by Crippen LogP contribution is -2.65. The molecule has 0 aromatic carbocycles. The van der Waals surface area contributed by atoms with Gasteiger partial charge in [-0.05, 0) is 66.2 Å². The fourth-order valence-corrected chi connectivity index (χ4v) is 5.59. The van der Waals surface area contributed by atoms with Gasteiger partial charge < -0.3 is 5.32 Å². The van der Waals surface area contributed by atoms with Crippen LogP contribution in [0.2, 0.25) is 0 Å². The summed E-state index contributed by atoms with van der Waals surface area (Å²) in [5.74, 6) is 0. The molecule has 0 unspecified atom stereocenters. The van der Waals surface area contributed by atoms with E-state index < -0.39 is 0 Å². The number of hydrogen-bond donors (Lipinski definition) is 1. The third-order valence-corrected chi connectivity index (χ3v) is 6.47. The molecular weight excluding hydrogens is 296 g/mol. The summed E-state index contributed by atoms with van der Waals surface area (Å²) in [7, 11) is 0. The van der Waals surface area contributed by atoms with Crippen molar-refractivity contribution in [2.75, 3.05) is 0 Å². The Morgan fingerprint density at radius 2 is 1.21 bits per heavy atom. The van der Waals surface area contributed by atoms with Crippen molar-refractivity contribution < 1.29 is 4.84 Å². The van der Waals surface area contributed by atoms with Gasteiger partial charge in [0.25, 0.3) is 0 Å². The Kier molecular flexibility index (Phi) is 5.94. The van der Waals surface area contributed by atoms with Crippen molar-refractivity contribution in [2.24, 2.45) is 0 Å². The standard InChI is InChI=1S/C21H40N2O/c1-20(2)15-18(22-17-11-7-5-8-12-17)16-21(3,4)23(20)24-19-13-9-6-10-14-19/h17-19,22H,5-16H2,1-4H3. The van der Waals surface area contributed by atoms with Gasteiger partial charge in [-0.1, -0.05) is 38.5 Å². The SMILES string of the molecule is CC1(C)CC(NC2CCCCC2)CC(C)(C)N1OC1CCCCC1. The number of piperidine rings is 1. The first kappa shape index (κ1) is 18.7. The molecule has 3 nitrogen and oxygen atoms in total. The van der Waals surface area contributed by atoms with Gasteiger partial charge in [0.2, 0.25) is 0 Å². The van der Waals surface area contributed by atoms with Crippen molar-refractivity contribution in [2.45, 2.75) is 134 Å². The Morgan fingerprint density at radius 3 is 1.75 bits per heavy atom. The van der Waals surface area contributed by atoms with Crippen molar-refractivity contribution in [3.05, 3.63) is 0 Å². The van der Waals surface area contributed by atoms with Crippen molar-refractivity contribution in [1.82, 2.24) is 10.4 Å². The molecule has 0 atom stereocenters. The van der Waals surface area contributed by atoms with E-state index in [1.54, 1.807) is 0 Å². The average Bonchev–Trinajstić information content (AvgIpc) is 2.52. The quantitative estimate of drug-likeness (QED) is 0.764. The molecule has 24 heavy (non-hydrogen) atoms. The molecule has 0 radical (unpaired) electrons. The van der Waals surface area contributed by atoms with Crippen LogP contribution < -0.4 is 5.32 Å². The summed E-state index contributed by atoms with van der Waals surface area (Å²) < 4.78 is 0. The highest BCUT2D eigenvalue weighted by molar-refractivity contribution is 5.00.